The molecule has 0 aliphatic carbocycles. The van der Waals surface area contributed by atoms with Gasteiger partial charge in [0.2, 0.25) is 0 Å². The third kappa shape index (κ3) is 4.80. The van der Waals surface area contributed by atoms with Gasteiger partial charge in [0, 0.05) is 6.54 Å². The summed E-state index contributed by atoms with van der Waals surface area (Å²) >= 11 is 0. The van der Waals surface area contributed by atoms with Crippen molar-refractivity contribution in [1.29, 1.82) is 0 Å². The Morgan fingerprint density at radius 1 is 1.20 bits per heavy atom. The van der Waals surface area contributed by atoms with Crippen LogP contribution in [0, 0.1) is 6.92 Å². The van der Waals surface area contributed by atoms with Crippen molar-refractivity contribution in [2.75, 3.05) is 33.3 Å². The van der Waals surface area contributed by atoms with Crippen LogP contribution in [0.1, 0.15) is 36.8 Å². The molecule has 0 spiro atoms. The Hall–Kier alpha value is -1.06. The molecule has 1 saturated heterocycles. The number of nitrogens with one attached hydrogen (secondary N) is 1. The van der Waals surface area contributed by atoms with Crippen molar-refractivity contribution in [1.82, 2.24) is 10.2 Å². The third-order valence-corrected chi connectivity index (χ3v) is 4.06. The largest absolute Gasteiger partial charge is 0.496 e. The Morgan fingerprint density at radius 2 is 2.00 bits per heavy atom. The molecular weight excluding hydrogens is 248 g/mol. The van der Waals surface area contributed by atoms with Crippen LogP contribution in [0.4, 0.5) is 0 Å². The first-order valence-electron chi connectivity index (χ1n) is 7.86. The van der Waals surface area contributed by atoms with Gasteiger partial charge < -0.3 is 15.0 Å². The van der Waals surface area contributed by atoms with Crippen LogP contribution in [0.3, 0.4) is 0 Å². The minimum atomic E-state index is 0.949. The van der Waals surface area contributed by atoms with Crippen molar-refractivity contribution in [3.8, 4) is 5.75 Å². The van der Waals surface area contributed by atoms with Crippen LogP contribution in [-0.4, -0.2) is 38.2 Å². The highest BCUT2D eigenvalue weighted by Gasteiger charge is 2.08. The summed E-state index contributed by atoms with van der Waals surface area (Å²) in [5, 5.41) is 3.54. The third-order valence-electron chi connectivity index (χ3n) is 4.06. The molecule has 1 aromatic rings. The second-order valence-electron chi connectivity index (χ2n) is 5.74. The molecule has 3 heteroatoms. The number of methoxy groups -OCH3 is 1. The van der Waals surface area contributed by atoms with Gasteiger partial charge >= 0.3 is 0 Å². The average Bonchev–Trinajstić information content (AvgIpc) is 2.48. The van der Waals surface area contributed by atoms with Gasteiger partial charge in [0.05, 0.1) is 7.11 Å². The minimum Gasteiger partial charge on any atom is -0.496 e. The summed E-state index contributed by atoms with van der Waals surface area (Å²) in [5.41, 5.74) is 2.54. The number of benzene rings is 1. The van der Waals surface area contributed by atoms with Crippen LogP contribution in [0.15, 0.2) is 18.2 Å². The lowest BCUT2D eigenvalue weighted by molar-refractivity contribution is 0.225. The number of piperidine rings is 1. The Bertz CT molecular complexity index is 400. The maximum Gasteiger partial charge on any atom is 0.121 e. The van der Waals surface area contributed by atoms with Gasteiger partial charge in [0.15, 0.2) is 0 Å². The summed E-state index contributed by atoms with van der Waals surface area (Å²) in [5.74, 6) is 0.971. The lowest BCUT2D eigenvalue weighted by Crippen LogP contribution is -2.32. The maximum atomic E-state index is 5.28. The van der Waals surface area contributed by atoms with Crippen molar-refractivity contribution in [3.63, 3.8) is 0 Å². The topological polar surface area (TPSA) is 24.5 Å². The molecule has 112 valence electrons. The van der Waals surface area contributed by atoms with Gasteiger partial charge in [-0.3, -0.25) is 0 Å². The lowest BCUT2D eigenvalue weighted by atomic mass is 10.1. The van der Waals surface area contributed by atoms with Gasteiger partial charge in [-0.25, -0.2) is 0 Å². The number of ether oxygens (including phenoxy) is 1. The number of aryl methyl sites for hydroxylation is 1. The van der Waals surface area contributed by atoms with Crippen LogP contribution < -0.4 is 10.1 Å². The average molecular weight is 276 g/mol. The lowest BCUT2D eigenvalue weighted by Gasteiger charge is -2.26. The van der Waals surface area contributed by atoms with Gasteiger partial charge in [-0.15, -0.1) is 0 Å². The number of hydrogen-bond donors (Lipinski definition) is 1. The zero-order chi connectivity index (χ0) is 14.2. The number of hydrogen-bond acceptors (Lipinski definition) is 3. The van der Waals surface area contributed by atoms with E-state index in [0.717, 1.165) is 18.8 Å². The first kappa shape index (κ1) is 15.3. The van der Waals surface area contributed by atoms with E-state index in [4.69, 9.17) is 4.74 Å². The molecule has 0 amide bonds. The molecule has 0 radical (unpaired) electrons. The van der Waals surface area contributed by atoms with Crippen molar-refractivity contribution >= 4 is 0 Å². The van der Waals surface area contributed by atoms with Crippen molar-refractivity contribution in [2.45, 2.75) is 39.2 Å². The SMILES string of the molecule is COc1ccc(CNCCCN2CCCCC2)cc1C. The monoisotopic (exact) mass is 276 g/mol. The van der Waals surface area contributed by atoms with E-state index >= 15 is 0 Å². The number of likely N-dealkylation sites (tertiary alicyclic amines) is 1. The summed E-state index contributed by atoms with van der Waals surface area (Å²) in [6, 6.07) is 6.40. The molecule has 1 N–H and O–H groups in total. The predicted octanol–water partition coefficient (Wildman–Crippen LogP) is 2.97. The van der Waals surface area contributed by atoms with Gasteiger partial charge in [0.25, 0.3) is 0 Å². The molecule has 1 fully saturated rings. The molecule has 1 aliphatic rings. The highest BCUT2D eigenvalue weighted by atomic mass is 16.5. The fraction of sp³-hybridized carbons (Fsp3) is 0.647. The zero-order valence-electron chi connectivity index (χ0n) is 13.0. The summed E-state index contributed by atoms with van der Waals surface area (Å²) < 4.78 is 5.28. The van der Waals surface area contributed by atoms with E-state index in [2.05, 4.69) is 35.3 Å². The first-order valence-corrected chi connectivity index (χ1v) is 7.86. The zero-order valence-corrected chi connectivity index (χ0v) is 13.0. The van der Waals surface area contributed by atoms with Gasteiger partial charge in [-0.2, -0.15) is 0 Å². The van der Waals surface area contributed by atoms with Crippen LogP contribution >= 0.6 is 0 Å². The fourth-order valence-electron chi connectivity index (χ4n) is 2.89. The normalized spacial score (nSPS) is 16.3. The Morgan fingerprint density at radius 3 is 2.70 bits per heavy atom. The highest BCUT2D eigenvalue weighted by Crippen LogP contribution is 2.18. The molecule has 2 rings (SSSR count). The van der Waals surface area contributed by atoms with E-state index < -0.39 is 0 Å². The van der Waals surface area contributed by atoms with E-state index in [1.54, 1.807) is 7.11 Å². The van der Waals surface area contributed by atoms with Gasteiger partial charge in [-0.05, 0) is 69.6 Å². The molecule has 1 aromatic carbocycles. The van der Waals surface area contributed by atoms with Crippen LogP contribution in [0.25, 0.3) is 0 Å². The molecule has 0 aromatic heterocycles. The van der Waals surface area contributed by atoms with Crippen LogP contribution in [0.5, 0.6) is 5.75 Å². The Kier molecular flexibility index (Phi) is 6.34. The summed E-state index contributed by atoms with van der Waals surface area (Å²) in [6.45, 7) is 8.00. The summed E-state index contributed by atoms with van der Waals surface area (Å²) in [7, 11) is 1.72. The van der Waals surface area contributed by atoms with Crippen LogP contribution in [0.2, 0.25) is 0 Å². The molecule has 20 heavy (non-hydrogen) atoms. The predicted molar refractivity (Wildman–Crippen MR) is 84.3 cm³/mol. The van der Waals surface area contributed by atoms with E-state index in [1.807, 2.05) is 0 Å². The van der Waals surface area contributed by atoms with Crippen molar-refractivity contribution in [3.05, 3.63) is 29.3 Å². The molecule has 0 saturated carbocycles. The van der Waals surface area contributed by atoms with Gasteiger partial charge in [0.1, 0.15) is 5.75 Å². The van der Waals surface area contributed by atoms with E-state index in [1.165, 1.54) is 56.4 Å². The van der Waals surface area contributed by atoms with Crippen molar-refractivity contribution in [2.24, 2.45) is 0 Å². The first-order chi connectivity index (χ1) is 9.79. The number of rotatable bonds is 7. The second kappa shape index (κ2) is 8.28. The molecular formula is C17H28N2O. The van der Waals surface area contributed by atoms with Crippen molar-refractivity contribution < 1.29 is 4.74 Å². The second-order valence-corrected chi connectivity index (χ2v) is 5.74. The van der Waals surface area contributed by atoms with Crippen LogP contribution in [-0.2, 0) is 6.54 Å². The molecule has 3 nitrogen and oxygen atoms in total. The van der Waals surface area contributed by atoms with E-state index in [0.29, 0.717) is 0 Å². The Labute approximate surface area is 123 Å². The minimum absolute atomic E-state index is 0.949. The smallest absolute Gasteiger partial charge is 0.121 e. The van der Waals surface area contributed by atoms with E-state index in [9.17, 15) is 0 Å². The Balaban J connectivity index is 1.61. The molecule has 0 unspecified atom stereocenters. The maximum absolute atomic E-state index is 5.28. The number of nitrogens with zero attached hydrogens (tertiary/aromatic N) is 1. The molecule has 1 heterocycles. The highest BCUT2D eigenvalue weighted by molar-refractivity contribution is 5.36. The van der Waals surface area contributed by atoms with Gasteiger partial charge in [-0.1, -0.05) is 18.6 Å². The summed E-state index contributed by atoms with van der Waals surface area (Å²) in [4.78, 5) is 2.60. The molecule has 1 aliphatic heterocycles. The van der Waals surface area contributed by atoms with E-state index in [-0.39, 0.29) is 0 Å². The summed E-state index contributed by atoms with van der Waals surface area (Å²) in [6.07, 6.45) is 5.44. The quantitative estimate of drug-likeness (QED) is 0.775. The standard InChI is InChI=1S/C17H28N2O/c1-15-13-16(7-8-17(15)20-2)14-18-9-6-12-19-10-4-3-5-11-19/h7-8,13,18H,3-6,9-12,14H2,1-2H3. The molecule has 0 atom stereocenters. The molecule has 0 bridgehead atoms. The fourth-order valence-corrected chi connectivity index (χ4v) is 2.89.